The molecule has 1 rings (SSSR count). The Labute approximate surface area is 130 Å². The molecule has 21 heavy (non-hydrogen) atoms. The van der Waals surface area contributed by atoms with Crippen molar-refractivity contribution in [2.24, 2.45) is 0 Å². The first-order chi connectivity index (χ1) is 10.2. The maximum atomic E-state index is 9.76. The number of allylic oxidation sites excluding steroid dienone is 1. The highest BCUT2D eigenvalue weighted by Gasteiger charge is 1.90. The van der Waals surface area contributed by atoms with Crippen LogP contribution in [0, 0.1) is 0 Å². The molecule has 0 fully saturated rings. The second kappa shape index (κ2) is 14.8. The Morgan fingerprint density at radius 3 is 2.10 bits per heavy atom. The van der Waals surface area contributed by atoms with Gasteiger partial charge in [-0.05, 0) is 18.9 Å². The van der Waals surface area contributed by atoms with Crippen LogP contribution in [0.25, 0.3) is 5.57 Å². The van der Waals surface area contributed by atoms with Crippen molar-refractivity contribution in [3.63, 3.8) is 0 Å². The second-order valence-corrected chi connectivity index (χ2v) is 5.23. The molecule has 0 bridgehead atoms. The van der Waals surface area contributed by atoms with Crippen LogP contribution in [0.3, 0.4) is 0 Å². The van der Waals surface area contributed by atoms with E-state index in [-0.39, 0.29) is 0 Å². The van der Waals surface area contributed by atoms with Crippen LogP contribution in [-0.2, 0) is 9.53 Å². The van der Waals surface area contributed by atoms with Crippen LogP contribution in [0.1, 0.15) is 64.4 Å². The normalized spacial score (nSPS) is 9.43. The summed E-state index contributed by atoms with van der Waals surface area (Å²) < 4.78 is 4.58. The fourth-order valence-electron chi connectivity index (χ4n) is 1.91. The number of carbonyl (C=O) groups excluding carboxylic acids is 1. The quantitative estimate of drug-likeness (QED) is 0.412. The van der Waals surface area contributed by atoms with Gasteiger partial charge in [-0.15, -0.1) is 0 Å². The first kappa shape index (κ1) is 19.4. The Morgan fingerprint density at radius 2 is 1.62 bits per heavy atom. The van der Waals surface area contributed by atoms with Crippen LogP contribution in [0.4, 0.5) is 0 Å². The van der Waals surface area contributed by atoms with Gasteiger partial charge in [-0.3, -0.25) is 4.79 Å². The van der Waals surface area contributed by atoms with E-state index in [1.807, 2.05) is 25.1 Å². The zero-order valence-electron chi connectivity index (χ0n) is 13.6. The molecule has 0 saturated carbocycles. The van der Waals surface area contributed by atoms with Crippen molar-refractivity contribution in [1.82, 2.24) is 0 Å². The molecule has 2 nitrogen and oxygen atoms in total. The zero-order chi connectivity index (χ0) is 15.8. The molecule has 0 aliphatic rings. The molecule has 0 unspecified atom stereocenters. The topological polar surface area (TPSA) is 26.3 Å². The SMILES string of the molecule is C=C(C)c1ccccc1.CCCCCCCCCOC=O. The van der Waals surface area contributed by atoms with Crippen LogP contribution >= 0.6 is 0 Å². The number of hydrogen-bond acceptors (Lipinski definition) is 2. The third-order valence-electron chi connectivity index (χ3n) is 3.20. The summed E-state index contributed by atoms with van der Waals surface area (Å²) >= 11 is 0. The molecule has 0 spiro atoms. The van der Waals surface area contributed by atoms with Crippen molar-refractivity contribution in [3.05, 3.63) is 42.5 Å². The molecule has 1 aromatic carbocycles. The van der Waals surface area contributed by atoms with Crippen molar-refractivity contribution in [2.75, 3.05) is 6.61 Å². The summed E-state index contributed by atoms with van der Waals surface area (Å²) in [5.41, 5.74) is 2.34. The highest BCUT2D eigenvalue weighted by atomic mass is 16.5. The van der Waals surface area contributed by atoms with Crippen LogP contribution in [0.2, 0.25) is 0 Å². The number of unbranched alkanes of at least 4 members (excludes halogenated alkanes) is 6. The lowest BCUT2D eigenvalue weighted by molar-refractivity contribution is -0.128. The van der Waals surface area contributed by atoms with E-state index in [1.165, 1.54) is 44.1 Å². The maximum Gasteiger partial charge on any atom is 0.293 e. The van der Waals surface area contributed by atoms with Gasteiger partial charge in [-0.25, -0.2) is 0 Å². The molecule has 0 N–H and O–H groups in total. The summed E-state index contributed by atoms with van der Waals surface area (Å²) in [5.74, 6) is 0. The van der Waals surface area contributed by atoms with Crippen molar-refractivity contribution < 1.29 is 9.53 Å². The fraction of sp³-hybridized carbons (Fsp3) is 0.526. The van der Waals surface area contributed by atoms with Crippen LogP contribution in [0.15, 0.2) is 36.9 Å². The van der Waals surface area contributed by atoms with Crippen LogP contribution < -0.4 is 0 Å². The van der Waals surface area contributed by atoms with Crippen LogP contribution in [-0.4, -0.2) is 13.1 Å². The molecule has 0 radical (unpaired) electrons. The van der Waals surface area contributed by atoms with Crippen LogP contribution in [0.5, 0.6) is 0 Å². The summed E-state index contributed by atoms with van der Waals surface area (Å²) in [6, 6.07) is 10.2. The van der Waals surface area contributed by atoms with E-state index in [4.69, 9.17) is 0 Å². The Hall–Kier alpha value is -1.57. The zero-order valence-corrected chi connectivity index (χ0v) is 13.6. The van der Waals surface area contributed by atoms with E-state index in [1.54, 1.807) is 0 Å². The summed E-state index contributed by atoms with van der Waals surface area (Å²) in [6.45, 7) is 9.17. The van der Waals surface area contributed by atoms with Gasteiger partial charge in [0.25, 0.3) is 6.47 Å². The second-order valence-electron chi connectivity index (χ2n) is 5.23. The summed E-state index contributed by atoms with van der Waals surface area (Å²) in [7, 11) is 0. The lowest BCUT2D eigenvalue weighted by atomic mass is 10.1. The van der Waals surface area contributed by atoms with E-state index >= 15 is 0 Å². The molecular formula is C19H30O2. The van der Waals surface area contributed by atoms with Gasteiger partial charge in [0.05, 0.1) is 6.61 Å². The average molecular weight is 290 g/mol. The van der Waals surface area contributed by atoms with E-state index in [9.17, 15) is 4.79 Å². The highest BCUT2D eigenvalue weighted by Crippen LogP contribution is 2.08. The van der Waals surface area contributed by atoms with Crippen molar-refractivity contribution in [3.8, 4) is 0 Å². The van der Waals surface area contributed by atoms with Gasteiger partial charge >= 0.3 is 0 Å². The predicted octanol–water partition coefficient (Wildman–Crippen LogP) is 5.63. The van der Waals surface area contributed by atoms with Crippen molar-refractivity contribution in [1.29, 1.82) is 0 Å². The number of carbonyl (C=O) groups is 1. The molecule has 118 valence electrons. The standard InChI is InChI=1S/C10H20O2.C9H10/c1-2-3-4-5-6-7-8-9-12-10-11;1-8(2)9-6-4-3-5-7-9/h10H,2-9H2,1H3;3-7H,1H2,2H3. The minimum Gasteiger partial charge on any atom is -0.468 e. The van der Waals surface area contributed by atoms with Gasteiger partial charge in [0.15, 0.2) is 0 Å². The Kier molecular flexibility index (Phi) is 13.7. The lowest BCUT2D eigenvalue weighted by Gasteiger charge is -1.99. The molecule has 0 heterocycles. The predicted molar refractivity (Wildman–Crippen MR) is 91.2 cm³/mol. The number of ether oxygens (including phenoxy) is 1. The minimum absolute atomic E-state index is 0.525. The summed E-state index contributed by atoms with van der Waals surface area (Å²) in [5, 5.41) is 0. The molecule has 2 heteroatoms. The number of hydrogen-bond donors (Lipinski definition) is 0. The van der Waals surface area contributed by atoms with E-state index in [0.717, 1.165) is 12.0 Å². The number of rotatable bonds is 10. The fourth-order valence-corrected chi connectivity index (χ4v) is 1.91. The molecular weight excluding hydrogens is 260 g/mol. The first-order valence-electron chi connectivity index (χ1n) is 7.98. The third kappa shape index (κ3) is 13.2. The van der Waals surface area contributed by atoms with E-state index in [2.05, 4.69) is 30.4 Å². The van der Waals surface area contributed by atoms with Gasteiger partial charge in [-0.2, -0.15) is 0 Å². The Morgan fingerprint density at radius 1 is 1.05 bits per heavy atom. The first-order valence-corrected chi connectivity index (χ1v) is 7.98. The summed E-state index contributed by atoms with van der Waals surface area (Å²) in [4.78, 5) is 9.76. The highest BCUT2D eigenvalue weighted by molar-refractivity contribution is 5.60. The van der Waals surface area contributed by atoms with Gasteiger partial charge in [0.2, 0.25) is 0 Å². The van der Waals surface area contributed by atoms with E-state index < -0.39 is 0 Å². The third-order valence-corrected chi connectivity index (χ3v) is 3.20. The largest absolute Gasteiger partial charge is 0.468 e. The average Bonchev–Trinajstić information content (AvgIpc) is 2.51. The molecule has 1 aromatic rings. The van der Waals surface area contributed by atoms with E-state index in [0.29, 0.717) is 13.1 Å². The molecule has 0 saturated heterocycles. The lowest BCUT2D eigenvalue weighted by Crippen LogP contribution is -1.91. The smallest absolute Gasteiger partial charge is 0.293 e. The number of benzene rings is 1. The molecule has 0 aliphatic heterocycles. The van der Waals surface area contributed by atoms with Gasteiger partial charge in [-0.1, -0.05) is 87.9 Å². The van der Waals surface area contributed by atoms with Crippen molar-refractivity contribution >= 4 is 12.0 Å². The van der Waals surface area contributed by atoms with Crippen molar-refractivity contribution in [2.45, 2.75) is 58.8 Å². The molecule has 0 atom stereocenters. The van der Waals surface area contributed by atoms with Gasteiger partial charge < -0.3 is 4.74 Å². The molecule has 0 amide bonds. The Bertz CT molecular complexity index is 357. The molecule has 0 aliphatic carbocycles. The van der Waals surface area contributed by atoms with Gasteiger partial charge in [0, 0.05) is 0 Å². The summed E-state index contributed by atoms with van der Waals surface area (Å²) in [6.07, 6.45) is 8.82. The monoisotopic (exact) mass is 290 g/mol. The van der Waals surface area contributed by atoms with Gasteiger partial charge in [0.1, 0.15) is 0 Å². The minimum atomic E-state index is 0.525. The Balaban J connectivity index is 0.000000394. The maximum absolute atomic E-state index is 9.76. The molecule has 0 aromatic heterocycles.